The van der Waals surface area contributed by atoms with E-state index < -0.39 is 0 Å². The van der Waals surface area contributed by atoms with E-state index >= 15 is 0 Å². The third kappa shape index (κ3) is 3.64. The molecule has 0 N–H and O–H groups in total. The van der Waals surface area contributed by atoms with E-state index in [4.69, 9.17) is 9.47 Å². The van der Waals surface area contributed by atoms with Crippen LogP contribution in [-0.2, 0) is 9.47 Å². The second kappa shape index (κ2) is 5.45. The third-order valence-corrected chi connectivity index (χ3v) is 1.42. The normalized spacial score (nSPS) is 22.4. The number of hydrogen-bond acceptors (Lipinski definition) is 2. The summed E-state index contributed by atoms with van der Waals surface area (Å²) in [5.41, 5.74) is 0. The Labute approximate surface area is 61.8 Å². The Hall–Kier alpha value is -0.340. The van der Waals surface area contributed by atoms with Gasteiger partial charge in [0.1, 0.15) is 0 Å². The summed E-state index contributed by atoms with van der Waals surface area (Å²) in [4.78, 5) is 0. The van der Waals surface area contributed by atoms with Crippen LogP contribution >= 0.6 is 0 Å². The van der Waals surface area contributed by atoms with Gasteiger partial charge in [0.25, 0.3) is 0 Å². The molecule has 2 rings (SSSR count). The van der Waals surface area contributed by atoms with Gasteiger partial charge in [0.05, 0.1) is 13.2 Å². The van der Waals surface area contributed by atoms with Gasteiger partial charge in [-0.2, -0.15) is 0 Å². The first-order chi connectivity index (χ1) is 5.00. The zero-order valence-corrected chi connectivity index (χ0v) is 6.21. The second-order valence-corrected chi connectivity index (χ2v) is 2.33. The van der Waals surface area contributed by atoms with Crippen molar-refractivity contribution < 1.29 is 9.47 Å². The van der Waals surface area contributed by atoms with Gasteiger partial charge in [-0.3, -0.25) is 0 Å². The number of hydrogen-bond donors (Lipinski definition) is 0. The Bertz CT molecular complexity index is 81.8. The first-order valence-corrected chi connectivity index (χ1v) is 3.80. The maximum atomic E-state index is 4.94. The lowest BCUT2D eigenvalue weighted by molar-refractivity contribution is 0.198. The van der Waals surface area contributed by atoms with Crippen LogP contribution in [0.3, 0.4) is 0 Å². The van der Waals surface area contributed by atoms with Crippen LogP contribution in [0.2, 0.25) is 0 Å². The van der Waals surface area contributed by atoms with Gasteiger partial charge in [-0.25, -0.2) is 0 Å². The summed E-state index contributed by atoms with van der Waals surface area (Å²) in [7, 11) is 0. The lowest BCUT2D eigenvalue weighted by Gasteiger charge is -1.77. The summed E-state index contributed by atoms with van der Waals surface area (Å²) in [5, 5.41) is 0. The summed E-state index contributed by atoms with van der Waals surface area (Å²) in [6, 6.07) is 0. The Morgan fingerprint density at radius 1 is 0.800 bits per heavy atom. The van der Waals surface area contributed by atoms with Gasteiger partial charge in [0.2, 0.25) is 0 Å². The van der Waals surface area contributed by atoms with Gasteiger partial charge in [-0.15, -0.1) is 0 Å². The molecular weight excluding hydrogens is 128 g/mol. The van der Waals surface area contributed by atoms with Crippen LogP contribution in [0.1, 0.15) is 12.8 Å². The maximum Gasteiger partial charge on any atom is 0.0652 e. The Kier molecular flexibility index (Phi) is 4.23. The monoisotopic (exact) mass is 142 g/mol. The highest BCUT2D eigenvalue weighted by molar-refractivity contribution is 4.86. The first-order valence-electron chi connectivity index (χ1n) is 3.80. The van der Waals surface area contributed by atoms with Crippen molar-refractivity contribution in [2.24, 2.45) is 0 Å². The van der Waals surface area contributed by atoms with Crippen molar-refractivity contribution >= 4 is 0 Å². The molecule has 0 spiro atoms. The Morgan fingerprint density at radius 3 is 1.60 bits per heavy atom. The molecule has 0 aliphatic carbocycles. The first kappa shape index (κ1) is 7.76. The van der Waals surface area contributed by atoms with Gasteiger partial charge in [0.15, 0.2) is 0 Å². The van der Waals surface area contributed by atoms with Crippen molar-refractivity contribution in [3.63, 3.8) is 0 Å². The average molecular weight is 142 g/mol. The standard InChI is InChI=1S/C4H8O.C4H6O/c2*1-2-4-5-3-1/h1-4H2;1-2H,3-4H2. The summed E-state index contributed by atoms with van der Waals surface area (Å²) >= 11 is 0. The fourth-order valence-corrected chi connectivity index (χ4v) is 0.851. The largest absolute Gasteiger partial charge is 0.381 e. The lowest BCUT2D eigenvalue weighted by Crippen LogP contribution is -1.76. The molecule has 1 saturated heterocycles. The van der Waals surface area contributed by atoms with E-state index in [-0.39, 0.29) is 0 Å². The number of rotatable bonds is 0. The highest BCUT2D eigenvalue weighted by Gasteiger charge is 1.94. The van der Waals surface area contributed by atoms with E-state index in [1.165, 1.54) is 12.8 Å². The molecule has 2 aliphatic rings. The SMILES string of the molecule is C1=CCOC1.C1CCOC1. The molecule has 2 heterocycles. The molecule has 0 amide bonds. The van der Waals surface area contributed by atoms with Gasteiger partial charge < -0.3 is 9.47 Å². The molecule has 0 unspecified atom stereocenters. The molecule has 1 fully saturated rings. The fourth-order valence-electron chi connectivity index (χ4n) is 0.851. The second-order valence-electron chi connectivity index (χ2n) is 2.33. The molecular formula is C8H14O2. The van der Waals surface area contributed by atoms with Gasteiger partial charge >= 0.3 is 0 Å². The summed E-state index contributed by atoms with van der Waals surface area (Å²) in [5.74, 6) is 0. The highest BCUT2D eigenvalue weighted by atomic mass is 16.5. The van der Waals surface area contributed by atoms with Crippen molar-refractivity contribution in [1.29, 1.82) is 0 Å². The van der Waals surface area contributed by atoms with E-state index in [0.717, 1.165) is 26.4 Å². The molecule has 0 radical (unpaired) electrons. The van der Waals surface area contributed by atoms with Crippen molar-refractivity contribution in [3.8, 4) is 0 Å². The van der Waals surface area contributed by atoms with Crippen LogP contribution < -0.4 is 0 Å². The van der Waals surface area contributed by atoms with Crippen LogP contribution in [0.5, 0.6) is 0 Å². The smallest absolute Gasteiger partial charge is 0.0652 e. The molecule has 0 atom stereocenters. The molecule has 0 aromatic rings. The van der Waals surface area contributed by atoms with Crippen molar-refractivity contribution in [2.45, 2.75) is 12.8 Å². The average Bonchev–Trinajstić information content (AvgIpc) is 2.67. The molecule has 0 saturated carbocycles. The van der Waals surface area contributed by atoms with E-state index in [0.29, 0.717) is 0 Å². The molecule has 0 aromatic heterocycles. The predicted molar refractivity (Wildman–Crippen MR) is 40.0 cm³/mol. The Morgan fingerprint density at radius 2 is 1.40 bits per heavy atom. The minimum absolute atomic E-state index is 0.819. The maximum absolute atomic E-state index is 4.94. The van der Waals surface area contributed by atoms with Crippen LogP contribution in [0.15, 0.2) is 12.2 Å². The van der Waals surface area contributed by atoms with Crippen molar-refractivity contribution in [3.05, 3.63) is 12.2 Å². The van der Waals surface area contributed by atoms with E-state index in [9.17, 15) is 0 Å². The van der Waals surface area contributed by atoms with Gasteiger partial charge in [0, 0.05) is 13.2 Å². The van der Waals surface area contributed by atoms with E-state index in [1.807, 2.05) is 12.2 Å². The quantitative estimate of drug-likeness (QED) is 0.475. The highest BCUT2D eigenvalue weighted by Crippen LogP contribution is 1.98. The summed E-state index contributed by atoms with van der Waals surface area (Å²) in [6.07, 6.45) is 6.58. The minimum Gasteiger partial charge on any atom is -0.381 e. The van der Waals surface area contributed by atoms with E-state index in [2.05, 4.69) is 0 Å². The van der Waals surface area contributed by atoms with Crippen molar-refractivity contribution in [2.75, 3.05) is 26.4 Å². The zero-order valence-electron chi connectivity index (χ0n) is 6.21. The zero-order chi connectivity index (χ0) is 7.07. The van der Waals surface area contributed by atoms with Crippen LogP contribution in [-0.4, -0.2) is 26.4 Å². The molecule has 0 bridgehead atoms. The molecule has 2 nitrogen and oxygen atoms in total. The van der Waals surface area contributed by atoms with Gasteiger partial charge in [-0.1, -0.05) is 12.2 Å². The third-order valence-electron chi connectivity index (χ3n) is 1.42. The van der Waals surface area contributed by atoms with Crippen LogP contribution in [0, 0.1) is 0 Å². The fraction of sp³-hybridized carbons (Fsp3) is 0.750. The number of ether oxygens (including phenoxy) is 2. The predicted octanol–water partition coefficient (Wildman–Crippen LogP) is 1.37. The summed E-state index contributed by atoms with van der Waals surface area (Å²) < 4.78 is 9.78. The minimum atomic E-state index is 0.819. The Balaban J connectivity index is 0.0000001000. The topological polar surface area (TPSA) is 18.5 Å². The molecule has 58 valence electrons. The van der Waals surface area contributed by atoms with E-state index in [1.54, 1.807) is 0 Å². The molecule has 0 aromatic carbocycles. The lowest BCUT2D eigenvalue weighted by atomic mass is 10.4. The molecule has 2 aliphatic heterocycles. The molecule has 2 heteroatoms. The van der Waals surface area contributed by atoms with Crippen LogP contribution in [0.4, 0.5) is 0 Å². The van der Waals surface area contributed by atoms with Crippen molar-refractivity contribution in [1.82, 2.24) is 0 Å². The molecule has 10 heavy (non-hydrogen) atoms. The van der Waals surface area contributed by atoms with Crippen LogP contribution in [0.25, 0.3) is 0 Å². The van der Waals surface area contributed by atoms with Gasteiger partial charge in [-0.05, 0) is 12.8 Å². The summed E-state index contributed by atoms with van der Waals surface area (Å²) in [6.45, 7) is 3.64.